The molecule has 2 saturated heterocycles. The maximum absolute atomic E-state index is 11.9. The van der Waals surface area contributed by atoms with Crippen molar-refractivity contribution in [2.45, 2.75) is 31.8 Å². The second-order valence-corrected chi connectivity index (χ2v) is 4.57. The molecule has 0 aromatic carbocycles. The van der Waals surface area contributed by atoms with Crippen LogP contribution in [-0.4, -0.2) is 55.1 Å². The number of nitrogens with one attached hydrogen (secondary N) is 1. The van der Waals surface area contributed by atoms with Crippen LogP contribution >= 0.6 is 0 Å². The summed E-state index contributed by atoms with van der Waals surface area (Å²) in [5, 5.41) is 3.17. The molecule has 2 aliphatic heterocycles. The van der Waals surface area contributed by atoms with Gasteiger partial charge in [0.25, 0.3) is 0 Å². The van der Waals surface area contributed by atoms with Crippen LogP contribution in [0.2, 0.25) is 0 Å². The van der Waals surface area contributed by atoms with Crippen molar-refractivity contribution in [1.82, 2.24) is 15.1 Å². The van der Waals surface area contributed by atoms with Crippen molar-refractivity contribution in [3.63, 3.8) is 0 Å². The van der Waals surface area contributed by atoms with E-state index in [0.717, 1.165) is 32.5 Å². The van der Waals surface area contributed by atoms with Gasteiger partial charge in [-0.3, -0.25) is 9.69 Å². The zero-order chi connectivity index (χ0) is 10.7. The van der Waals surface area contributed by atoms with Crippen molar-refractivity contribution in [3.05, 3.63) is 0 Å². The first-order valence-electron chi connectivity index (χ1n) is 5.99. The summed E-state index contributed by atoms with van der Waals surface area (Å²) >= 11 is 0. The fourth-order valence-electron chi connectivity index (χ4n) is 2.56. The zero-order valence-corrected chi connectivity index (χ0v) is 9.54. The first-order valence-corrected chi connectivity index (χ1v) is 5.99. The quantitative estimate of drug-likeness (QED) is 0.675. The number of carbonyl (C=O) groups excluding carboxylic acids is 1. The molecule has 0 aromatic rings. The maximum Gasteiger partial charge on any atom is 0.237 e. The third kappa shape index (κ3) is 2.49. The van der Waals surface area contributed by atoms with Crippen LogP contribution < -0.4 is 5.32 Å². The SMILES string of the molecule is CN1CCCCC1N1CCCNCC1=O. The van der Waals surface area contributed by atoms with Gasteiger partial charge in [-0.2, -0.15) is 0 Å². The Morgan fingerprint density at radius 2 is 2.13 bits per heavy atom. The Balaban J connectivity index is 2.02. The number of amides is 1. The minimum absolute atomic E-state index is 0.270. The molecule has 0 bridgehead atoms. The average Bonchev–Trinajstić information content (AvgIpc) is 2.44. The third-order valence-corrected chi connectivity index (χ3v) is 3.44. The summed E-state index contributed by atoms with van der Waals surface area (Å²) in [5.74, 6) is 0.270. The molecule has 1 amide bonds. The van der Waals surface area contributed by atoms with Crippen LogP contribution in [0.1, 0.15) is 25.7 Å². The molecule has 2 heterocycles. The van der Waals surface area contributed by atoms with E-state index in [9.17, 15) is 4.79 Å². The van der Waals surface area contributed by atoms with Gasteiger partial charge in [-0.15, -0.1) is 0 Å². The Labute approximate surface area is 91.6 Å². The van der Waals surface area contributed by atoms with E-state index in [4.69, 9.17) is 0 Å². The second kappa shape index (κ2) is 4.94. The summed E-state index contributed by atoms with van der Waals surface area (Å²) in [6, 6.07) is 0. The Bertz CT molecular complexity index is 232. The predicted octanol–water partition coefficient (Wildman–Crippen LogP) is 0.250. The summed E-state index contributed by atoms with van der Waals surface area (Å²) in [6.07, 6.45) is 5.10. The van der Waals surface area contributed by atoms with Crippen molar-refractivity contribution in [2.75, 3.05) is 33.2 Å². The van der Waals surface area contributed by atoms with Gasteiger partial charge in [0.05, 0.1) is 12.7 Å². The normalized spacial score (nSPS) is 30.3. The van der Waals surface area contributed by atoms with Crippen molar-refractivity contribution in [3.8, 4) is 0 Å². The molecule has 15 heavy (non-hydrogen) atoms. The first kappa shape index (κ1) is 10.9. The van der Waals surface area contributed by atoms with Gasteiger partial charge >= 0.3 is 0 Å². The van der Waals surface area contributed by atoms with Gasteiger partial charge in [0.2, 0.25) is 5.91 Å². The number of nitrogens with zero attached hydrogens (tertiary/aromatic N) is 2. The van der Waals surface area contributed by atoms with Crippen LogP contribution in [0.3, 0.4) is 0 Å². The lowest BCUT2D eigenvalue weighted by Gasteiger charge is -2.40. The summed E-state index contributed by atoms with van der Waals surface area (Å²) in [5.41, 5.74) is 0. The Morgan fingerprint density at radius 3 is 2.93 bits per heavy atom. The van der Waals surface area contributed by atoms with Crippen LogP contribution in [0, 0.1) is 0 Å². The van der Waals surface area contributed by atoms with Gasteiger partial charge in [-0.05, 0) is 45.8 Å². The number of likely N-dealkylation sites (tertiary alicyclic amines) is 1. The van der Waals surface area contributed by atoms with E-state index in [1.54, 1.807) is 0 Å². The lowest BCUT2D eigenvalue weighted by molar-refractivity contribution is -0.136. The highest BCUT2D eigenvalue weighted by atomic mass is 16.2. The van der Waals surface area contributed by atoms with Crippen molar-refractivity contribution < 1.29 is 4.79 Å². The first-order chi connectivity index (χ1) is 7.29. The molecule has 1 N–H and O–H groups in total. The van der Waals surface area contributed by atoms with E-state index in [0.29, 0.717) is 12.7 Å². The van der Waals surface area contributed by atoms with E-state index in [1.165, 1.54) is 12.8 Å². The highest BCUT2D eigenvalue weighted by Crippen LogP contribution is 2.19. The number of rotatable bonds is 1. The fourth-order valence-corrected chi connectivity index (χ4v) is 2.56. The number of hydrogen-bond acceptors (Lipinski definition) is 3. The van der Waals surface area contributed by atoms with E-state index in [1.807, 2.05) is 0 Å². The van der Waals surface area contributed by atoms with Crippen molar-refractivity contribution in [1.29, 1.82) is 0 Å². The molecule has 2 fully saturated rings. The molecular weight excluding hydrogens is 190 g/mol. The zero-order valence-electron chi connectivity index (χ0n) is 9.54. The second-order valence-electron chi connectivity index (χ2n) is 4.57. The van der Waals surface area contributed by atoms with Gasteiger partial charge in [-0.1, -0.05) is 0 Å². The minimum atomic E-state index is 0.270. The van der Waals surface area contributed by atoms with Crippen LogP contribution in [0.5, 0.6) is 0 Å². The molecule has 4 heteroatoms. The van der Waals surface area contributed by atoms with Gasteiger partial charge in [0.15, 0.2) is 0 Å². The van der Waals surface area contributed by atoms with Gasteiger partial charge in [0, 0.05) is 6.54 Å². The molecule has 86 valence electrons. The molecule has 0 aromatic heterocycles. The van der Waals surface area contributed by atoms with E-state index in [-0.39, 0.29) is 5.91 Å². The van der Waals surface area contributed by atoms with Crippen LogP contribution in [0.15, 0.2) is 0 Å². The lowest BCUT2D eigenvalue weighted by atomic mass is 10.1. The predicted molar refractivity (Wildman–Crippen MR) is 59.5 cm³/mol. The molecule has 0 aliphatic carbocycles. The molecule has 0 spiro atoms. The van der Waals surface area contributed by atoms with E-state index >= 15 is 0 Å². The highest BCUT2D eigenvalue weighted by Gasteiger charge is 2.29. The smallest absolute Gasteiger partial charge is 0.237 e. The molecule has 0 saturated carbocycles. The fraction of sp³-hybridized carbons (Fsp3) is 0.909. The van der Waals surface area contributed by atoms with Crippen LogP contribution in [0.4, 0.5) is 0 Å². The van der Waals surface area contributed by atoms with Crippen LogP contribution in [-0.2, 0) is 4.79 Å². The number of hydrogen-bond donors (Lipinski definition) is 1. The standard InChI is InChI=1S/C11H21N3O/c1-13-7-3-2-5-10(13)14-8-4-6-12-9-11(14)15/h10,12H,2-9H2,1H3. The molecule has 0 radical (unpaired) electrons. The molecule has 2 rings (SSSR count). The minimum Gasteiger partial charge on any atom is -0.326 e. The van der Waals surface area contributed by atoms with E-state index in [2.05, 4.69) is 22.2 Å². The molecule has 2 aliphatic rings. The molecule has 4 nitrogen and oxygen atoms in total. The van der Waals surface area contributed by atoms with Crippen molar-refractivity contribution >= 4 is 5.91 Å². The Hall–Kier alpha value is -0.610. The number of piperidine rings is 1. The summed E-state index contributed by atoms with van der Waals surface area (Å²) in [4.78, 5) is 16.3. The summed E-state index contributed by atoms with van der Waals surface area (Å²) in [7, 11) is 2.13. The molecule has 1 unspecified atom stereocenters. The Morgan fingerprint density at radius 1 is 1.27 bits per heavy atom. The lowest BCUT2D eigenvalue weighted by Crippen LogP contribution is -2.52. The molecular formula is C11H21N3O. The van der Waals surface area contributed by atoms with Gasteiger partial charge in [-0.25, -0.2) is 0 Å². The maximum atomic E-state index is 11.9. The highest BCUT2D eigenvalue weighted by molar-refractivity contribution is 5.78. The number of carbonyl (C=O) groups is 1. The van der Waals surface area contributed by atoms with Crippen molar-refractivity contribution in [2.24, 2.45) is 0 Å². The third-order valence-electron chi connectivity index (χ3n) is 3.44. The van der Waals surface area contributed by atoms with Gasteiger partial charge in [0.1, 0.15) is 0 Å². The van der Waals surface area contributed by atoms with Gasteiger partial charge < -0.3 is 10.2 Å². The Kier molecular flexibility index (Phi) is 3.59. The average molecular weight is 211 g/mol. The summed E-state index contributed by atoms with van der Waals surface area (Å²) in [6.45, 7) is 3.53. The van der Waals surface area contributed by atoms with E-state index < -0.39 is 0 Å². The largest absolute Gasteiger partial charge is 0.326 e. The monoisotopic (exact) mass is 211 g/mol. The molecule has 1 atom stereocenters. The summed E-state index contributed by atoms with van der Waals surface area (Å²) < 4.78 is 0. The topological polar surface area (TPSA) is 35.6 Å². The van der Waals surface area contributed by atoms with Crippen LogP contribution in [0.25, 0.3) is 0 Å².